The van der Waals surface area contributed by atoms with Crippen LogP contribution in [0.25, 0.3) is 0 Å². The fourth-order valence-corrected chi connectivity index (χ4v) is 1.76. The van der Waals surface area contributed by atoms with E-state index in [1.54, 1.807) is 11.8 Å². The molecule has 20 heavy (non-hydrogen) atoms. The molecule has 0 aliphatic rings. The van der Waals surface area contributed by atoms with Gasteiger partial charge in [-0.2, -0.15) is 24.9 Å². The van der Waals surface area contributed by atoms with Crippen molar-refractivity contribution in [3.63, 3.8) is 0 Å². The lowest BCUT2D eigenvalue weighted by Gasteiger charge is -2.28. The van der Waals surface area contributed by atoms with Crippen LogP contribution in [0.2, 0.25) is 0 Å². The Morgan fingerprint density at radius 2 is 1.80 bits per heavy atom. The van der Waals surface area contributed by atoms with E-state index in [-0.39, 0.29) is 6.54 Å². The summed E-state index contributed by atoms with van der Waals surface area (Å²) in [6.07, 6.45) is -0.676. The van der Waals surface area contributed by atoms with Crippen molar-refractivity contribution in [1.29, 1.82) is 0 Å². The lowest BCUT2D eigenvalue weighted by Crippen LogP contribution is -2.63. The molecule has 0 radical (unpaired) electrons. The van der Waals surface area contributed by atoms with Gasteiger partial charge in [0.15, 0.2) is 0 Å². The fraction of sp³-hybridized carbons (Fsp3) is 0.818. The Labute approximate surface area is 119 Å². The second-order valence-electron chi connectivity index (χ2n) is 4.36. The Balaban J connectivity index is 4.20. The van der Waals surface area contributed by atoms with E-state index in [0.717, 1.165) is 18.6 Å². The molecule has 0 rings (SSSR count). The average Bonchev–Trinajstić information content (AvgIpc) is 2.31. The first-order chi connectivity index (χ1) is 9.15. The minimum absolute atomic E-state index is 0.202. The molecule has 0 saturated heterocycles. The van der Waals surface area contributed by atoms with Crippen LogP contribution >= 0.6 is 11.8 Å². The Bertz CT molecular complexity index is 339. The predicted octanol–water partition coefficient (Wildman–Crippen LogP) is 2.22. The number of thioether (sulfide) groups is 1. The molecule has 9 heteroatoms. The van der Waals surface area contributed by atoms with Crippen molar-refractivity contribution in [3.05, 3.63) is 0 Å². The number of carboxylic acid groups (broad SMARTS) is 1. The van der Waals surface area contributed by atoms with Crippen molar-refractivity contribution >= 4 is 23.8 Å². The standard InChI is InChI=1S/C11H19F3N2O3S/c1-10(8(17)18,11(12,13)14)16-9(19)15-6-4-3-5-7-20-2/h3-7H2,1-2H3,(H,17,18)(H2,15,16,19). The van der Waals surface area contributed by atoms with Crippen LogP contribution in [0.1, 0.15) is 26.2 Å². The monoisotopic (exact) mass is 316 g/mol. The van der Waals surface area contributed by atoms with E-state index in [1.807, 2.05) is 6.26 Å². The molecule has 3 N–H and O–H groups in total. The van der Waals surface area contributed by atoms with Gasteiger partial charge in [0, 0.05) is 6.54 Å². The minimum atomic E-state index is -5.07. The molecule has 1 atom stereocenters. The topological polar surface area (TPSA) is 78.4 Å². The smallest absolute Gasteiger partial charge is 0.422 e. The molecule has 0 aromatic heterocycles. The summed E-state index contributed by atoms with van der Waals surface area (Å²) in [6.45, 7) is 0.612. The number of halogens is 3. The normalized spacial score (nSPS) is 14.4. The number of aliphatic carboxylic acids is 1. The number of urea groups is 1. The molecule has 1 unspecified atom stereocenters. The van der Waals surface area contributed by atoms with Crippen LogP contribution in [0.5, 0.6) is 0 Å². The third-order valence-electron chi connectivity index (χ3n) is 2.67. The van der Waals surface area contributed by atoms with Crippen molar-refractivity contribution in [3.8, 4) is 0 Å². The van der Waals surface area contributed by atoms with Gasteiger partial charge in [0.2, 0.25) is 5.54 Å². The number of nitrogens with one attached hydrogen (secondary N) is 2. The first-order valence-electron chi connectivity index (χ1n) is 6.00. The lowest BCUT2D eigenvalue weighted by atomic mass is 10.0. The number of rotatable bonds is 8. The number of carbonyl (C=O) groups excluding carboxylic acids is 1. The van der Waals surface area contributed by atoms with E-state index in [2.05, 4.69) is 5.32 Å². The van der Waals surface area contributed by atoms with Gasteiger partial charge in [0.1, 0.15) is 0 Å². The molecular weight excluding hydrogens is 297 g/mol. The van der Waals surface area contributed by atoms with E-state index < -0.39 is 23.7 Å². The molecule has 118 valence electrons. The SMILES string of the molecule is CSCCCCCNC(=O)NC(C)(C(=O)O)C(F)(F)F. The highest BCUT2D eigenvalue weighted by Gasteiger charge is 2.58. The van der Waals surface area contributed by atoms with E-state index >= 15 is 0 Å². The van der Waals surface area contributed by atoms with Crippen LogP contribution in [0.15, 0.2) is 0 Å². The molecule has 0 heterocycles. The van der Waals surface area contributed by atoms with E-state index in [0.29, 0.717) is 13.3 Å². The first-order valence-corrected chi connectivity index (χ1v) is 7.39. The molecule has 0 aromatic carbocycles. The quantitative estimate of drug-likeness (QED) is 0.600. The van der Waals surface area contributed by atoms with Crippen molar-refractivity contribution in [2.24, 2.45) is 0 Å². The number of carbonyl (C=O) groups is 2. The van der Waals surface area contributed by atoms with Gasteiger partial charge in [-0.3, -0.25) is 0 Å². The maximum atomic E-state index is 12.6. The van der Waals surface area contributed by atoms with Crippen LogP contribution < -0.4 is 10.6 Å². The Morgan fingerprint density at radius 3 is 2.25 bits per heavy atom. The minimum Gasteiger partial charge on any atom is -0.479 e. The highest BCUT2D eigenvalue weighted by molar-refractivity contribution is 7.98. The van der Waals surface area contributed by atoms with Gasteiger partial charge in [-0.1, -0.05) is 6.42 Å². The second kappa shape index (κ2) is 8.23. The van der Waals surface area contributed by atoms with Crippen molar-refractivity contribution in [2.75, 3.05) is 18.6 Å². The maximum Gasteiger partial charge on any atom is 0.422 e. The lowest BCUT2D eigenvalue weighted by molar-refractivity contribution is -0.203. The summed E-state index contributed by atoms with van der Waals surface area (Å²) in [7, 11) is 0. The van der Waals surface area contributed by atoms with Crippen LogP contribution in [-0.2, 0) is 4.79 Å². The number of hydrogen-bond acceptors (Lipinski definition) is 3. The van der Waals surface area contributed by atoms with Crippen molar-refractivity contribution < 1.29 is 27.9 Å². The van der Waals surface area contributed by atoms with E-state index in [4.69, 9.17) is 5.11 Å². The van der Waals surface area contributed by atoms with Gasteiger partial charge in [0.25, 0.3) is 0 Å². The van der Waals surface area contributed by atoms with Crippen LogP contribution in [-0.4, -0.2) is 47.4 Å². The number of unbranched alkanes of at least 4 members (excludes halogenated alkanes) is 2. The second-order valence-corrected chi connectivity index (χ2v) is 5.35. The van der Waals surface area contributed by atoms with Gasteiger partial charge < -0.3 is 15.7 Å². The van der Waals surface area contributed by atoms with Crippen LogP contribution in [0.3, 0.4) is 0 Å². The first kappa shape index (κ1) is 18.9. The van der Waals surface area contributed by atoms with E-state index in [1.165, 1.54) is 5.32 Å². The molecule has 0 bridgehead atoms. The maximum absolute atomic E-state index is 12.6. The molecule has 0 aromatic rings. The van der Waals surface area contributed by atoms with Crippen molar-refractivity contribution in [2.45, 2.75) is 37.9 Å². The Kier molecular flexibility index (Phi) is 7.77. The molecule has 5 nitrogen and oxygen atoms in total. The molecular formula is C11H19F3N2O3S. The zero-order valence-electron chi connectivity index (χ0n) is 11.3. The number of carboxylic acids is 1. The Morgan fingerprint density at radius 1 is 1.20 bits per heavy atom. The van der Waals surface area contributed by atoms with E-state index in [9.17, 15) is 22.8 Å². The average molecular weight is 316 g/mol. The zero-order valence-corrected chi connectivity index (χ0v) is 12.2. The van der Waals surface area contributed by atoms with Gasteiger partial charge >= 0.3 is 18.2 Å². The summed E-state index contributed by atoms with van der Waals surface area (Å²) in [5.74, 6) is -1.17. The molecule has 2 amide bonds. The molecule has 0 saturated carbocycles. The van der Waals surface area contributed by atoms with Crippen LogP contribution in [0, 0.1) is 0 Å². The largest absolute Gasteiger partial charge is 0.479 e. The molecule has 0 aliphatic carbocycles. The summed E-state index contributed by atoms with van der Waals surface area (Å²) in [4.78, 5) is 22.0. The predicted molar refractivity (Wildman–Crippen MR) is 70.9 cm³/mol. The molecule has 0 spiro atoms. The zero-order chi connectivity index (χ0) is 15.8. The summed E-state index contributed by atoms with van der Waals surface area (Å²) >= 11 is 1.69. The molecule has 0 fully saturated rings. The van der Waals surface area contributed by atoms with Crippen LogP contribution in [0.4, 0.5) is 18.0 Å². The van der Waals surface area contributed by atoms with Gasteiger partial charge in [-0.25, -0.2) is 9.59 Å². The summed E-state index contributed by atoms with van der Waals surface area (Å²) in [6, 6.07) is -1.14. The fourth-order valence-electron chi connectivity index (χ4n) is 1.27. The molecule has 0 aliphatic heterocycles. The number of alkyl halides is 3. The van der Waals surface area contributed by atoms with Crippen molar-refractivity contribution in [1.82, 2.24) is 10.6 Å². The van der Waals surface area contributed by atoms with Gasteiger partial charge in [-0.15, -0.1) is 0 Å². The summed E-state index contributed by atoms with van der Waals surface area (Å²) < 4.78 is 37.9. The Hall–Kier alpha value is -1.12. The highest BCUT2D eigenvalue weighted by Crippen LogP contribution is 2.30. The van der Waals surface area contributed by atoms with Gasteiger partial charge in [0.05, 0.1) is 0 Å². The summed E-state index contributed by atoms with van der Waals surface area (Å²) in [5.41, 5.74) is -3.30. The van der Waals surface area contributed by atoms with Gasteiger partial charge in [-0.05, 0) is 31.8 Å². The third-order valence-corrected chi connectivity index (χ3v) is 3.37. The summed E-state index contributed by atoms with van der Waals surface area (Å²) in [5, 5.41) is 12.3. The highest BCUT2D eigenvalue weighted by atomic mass is 32.2. The number of hydrogen-bond donors (Lipinski definition) is 3. The number of amides is 2. The third kappa shape index (κ3) is 5.89.